The standard InChI is InChI=1S/C18H20N2O2S/c1-19-18(16-9-5-6-10-17(16)23(19,21)22)11-12-20(14-18)13-15-7-3-2-4-8-15/h2-10H,11-14H2,1H3/t18-/m0/s1. The summed E-state index contributed by atoms with van der Waals surface area (Å²) in [4.78, 5) is 2.83. The van der Waals surface area contributed by atoms with E-state index in [0.29, 0.717) is 4.90 Å². The van der Waals surface area contributed by atoms with E-state index in [2.05, 4.69) is 17.0 Å². The second-order valence-electron chi connectivity index (χ2n) is 6.45. The van der Waals surface area contributed by atoms with Gasteiger partial charge in [-0.3, -0.25) is 4.90 Å². The Balaban J connectivity index is 1.68. The van der Waals surface area contributed by atoms with Crippen LogP contribution in [-0.4, -0.2) is 37.8 Å². The summed E-state index contributed by atoms with van der Waals surface area (Å²) < 4.78 is 27.0. The van der Waals surface area contributed by atoms with E-state index >= 15 is 0 Å². The molecule has 5 heteroatoms. The summed E-state index contributed by atoms with van der Waals surface area (Å²) in [5.41, 5.74) is 1.81. The van der Waals surface area contributed by atoms with Gasteiger partial charge in [0, 0.05) is 26.7 Å². The average molecular weight is 328 g/mol. The fourth-order valence-electron chi connectivity index (χ4n) is 3.95. The quantitative estimate of drug-likeness (QED) is 0.850. The molecule has 120 valence electrons. The molecule has 0 radical (unpaired) electrons. The maximum atomic E-state index is 12.7. The highest BCUT2D eigenvalue weighted by atomic mass is 32.2. The van der Waals surface area contributed by atoms with Gasteiger partial charge in [0.2, 0.25) is 10.0 Å². The lowest BCUT2D eigenvalue weighted by Crippen LogP contribution is -2.43. The number of hydrogen-bond donors (Lipinski definition) is 0. The number of hydrogen-bond acceptors (Lipinski definition) is 3. The lowest BCUT2D eigenvalue weighted by molar-refractivity contribution is 0.217. The minimum Gasteiger partial charge on any atom is -0.297 e. The first-order chi connectivity index (χ1) is 11.0. The third-order valence-corrected chi connectivity index (χ3v) is 7.19. The molecule has 0 aliphatic carbocycles. The van der Waals surface area contributed by atoms with Crippen LogP contribution in [0.15, 0.2) is 59.5 Å². The predicted molar refractivity (Wildman–Crippen MR) is 89.4 cm³/mol. The maximum absolute atomic E-state index is 12.7. The van der Waals surface area contributed by atoms with Gasteiger partial charge in [-0.25, -0.2) is 8.42 Å². The molecule has 1 spiro atoms. The van der Waals surface area contributed by atoms with E-state index in [1.54, 1.807) is 23.5 Å². The Bertz CT molecular complexity index is 835. The zero-order valence-corrected chi connectivity index (χ0v) is 14.0. The van der Waals surface area contributed by atoms with Gasteiger partial charge in [-0.2, -0.15) is 4.31 Å². The first kappa shape index (κ1) is 14.9. The van der Waals surface area contributed by atoms with Crippen LogP contribution in [0, 0.1) is 0 Å². The largest absolute Gasteiger partial charge is 0.297 e. The van der Waals surface area contributed by atoms with E-state index < -0.39 is 15.6 Å². The first-order valence-electron chi connectivity index (χ1n) is 7.89. The van der Waals surface area contributed by atoms with Crippen LogP contribution in [0.5, 0.6) is 0 Å². The molecule has 2 aromatic carbocycles. The molecule has 1 fully saturated rings. The second kappa shape index (κ2) is 5.16. The normalized spacial score (nSPS) is 26.7. The van der Waals surface area contributed by atoms with Gasteiger partial charge in [0.25, 0.3) is 0 Å². The van der Waals surface area contributed by atoms with E-state index in [4.69, 9.17) is 0 Å². The van der Waals surface area contributed by atoms with E-state index in [1.165, 1.54) is 5.56 Å². The highest BCUT2D eigenvalue weighted by molar-refractivity contribution is 7.89. The number of rotatable bonds is 2. The van der Waals surface area contributed by atoms with Gasteiger partial charge in [0.15, 0.2) is 0 Å². The summed E-state index contributed by atoms with van der Waals surface area (Å²) in [6.45, 7) is 2.51. The average Bonchev–Trinajstić information content (AvgIpc) is 3.05. The number of nitrogens with zero attached hydrogens (tertiary/aromatic N) is 2. The topological polar surface area (TPSA) is 40.6 Å². The summed E-state index contributed by atoms with van der Waals surface area (Å²) in [7, 11) is -1.64. The fraction of sp³-hybridized carbons (Fsp3) is 0.333. The summed E-state index contributed by atoms with van der Waals surface area (Å²) in [5, 5.41) is 0. The van der Waals surface area contributed by atoms with Crippen LogP contribution < -0.4 is 0 Å². The number of fused-ring (bicyclic) bond motifs is 2. The Morgan fingerprint density at radius 1 is 1.04 bits per heavy atom. The van der Waals surface area contributed by atoms with Crippen LogP contribution in [0.25, 0.3) is 0 Å². The van der Waals surface area contributed by atoms with Crippen molar-refractivity contribution in [1.82, 2.24) is 9.21 Å². The van der Waals surface area contributed by atoms with Gasteiger partial charge in [-0.15, -0.1) is 0 Å². The van der Waals surface area contributed by atoms with Crippen LogP contribution in [0.2, 0.25) is 0 Å². The summed E-state index contributed by atoms with van der Waals surface area (Å²) in [6.07, 6.45) is 0.840. The number of benzene rings is 2. The van der Waals surface area contributed by atoms with Crippen molar-refractivity contribution in [1.29, 1.82) is 0 Å². The van der Waals surface area contributed by atoms with Crippen molar-refractivity contribution >= 4 is 10.0 Å². The molecule has 2 aliphatic rings. The molecule has 2 heterocycles. The molecule has 0 amide bonds. The van der Waals surface area contributed by atoms with Gasteiger partial charge in [-0.05, 0) is 23.6 Å². The predicted octanol–water partition coefficient (Wildman–Crippen LogP) is 2.42. The Morgan fingerprint density at radius 2 is 1.74 bits per heavy atom. The lowest BCUT2D eigenvalue weighted by atomic mass is 9.89. The van der Waals surface area contributed by atoms with Crippen LogP contribution in [-0.2, 0) is 22.1 Å². The highest BCUT2D eigenvalue weighted by Crippen LogP contribution is 2.48. The van der Waals surface area contributed by atoms with Crippen molar-refractivity contribution < 1.29 is 8.42 Å². The van der Waals surface area contributed by atoms with Crippen LogP contribution >= 0.6 is 0 Å². The zero-order valence-electron chi connectivity index (χ0n) is 13.1. The van der Waals surface area contributed by atoms with E-state index in [-0.39, 0.29) is 0 Å². The van der Waals surface area contributed by atoms with Crippen LogP contribution in [0.4, 0.5) is 0 Å². The second-order valence-corrected chi connectivity index (χ2v) is 8.38. The molecule has 0 unspecified atom stereocenters. The first-order valence-corrected chi connectivity index (χ1v) is 9.33. The molecule has 0 bridgehead atoms. The maximum Gasteiger partial charge on any atom is 0.244 e. The number of sulfonamides is 1. The third-order valence-electron chi connectivity index (χ3n) is 5.21. The highest BCUT2D eigenvalue weighted by Gasteiger charge is 2.54. The smallest absolute Gasteiger partial charge is 0.244 e. The molecule has 2 aliphatic heterocycles. The Labute approximate surface area is 137 Å². The van der Waals surface area contributed by atoms with E-state index in [9.17, 15) is 8.42 Å². The van der Waals surface area contributed by atoms with Crippen molar-refractivity contribution in [3.8, 4) is 0 Å². The van der Waals surface area contributed by atoms with E-state index in [1.807, 2.05) is 30.3 Å². The van der Waals surface area contributed by atoms with Gasteiger partial charge in [0.05, 0.1) is 10.4 Å². The lowest BCUT2D eigenvalue weighted by Gasteiger charge is -2.31. The van der Waals surface area contributed by atoms with Crippen molar-refractivity contribution in [2.45, 2.75) is 23.4 Å². The monoisotopic (exact) mass is 328 g/mol. The number of likely N-dealkylation sites (N-methyl/N-ethyl adjacent to an activating group) is 1. The van der Waals surface area contributed by atoms with Gasteiger partial charge >= 0.3 is 0 Å². The molecular formula is C18H20N2O2S. The molecule has 0 saturated carbocycles. The molecule has 1 saturated heterocycles. The fourth-order valence-corrected chi connectivity index (χ4v) is 5.74. The number of likely N-dealkylation sites (tertiary alicyclic amines) is 1. The molecule has 0 N–H and O–H groups in total. The summed E-state index contributed by atoms with van der Waals surface area (Å²) >= 11 is 0. The van der Waals surface area contributed by atoms with Gasteiger partial charge in [-0.1, -0.05) is 48.5 Å². The minimum absolute atomic E-state index is 0.412. The molecule has 4 nitrogen and oxygen atoms in total. The summed E-state index contributed by atoms with van der Waals surface area (Å²) in [5.74, 6) is 0. The Morgan fingerprint density at radius 3 is 2.52 bits per heavy atom. The molecule has 0 aromatic heterocycles. The third kappa shape index (κ3) is 2.15. The van der Waals surface area contributed by atoms with Crippen LogP contribution in [0.3, 0.4) is 0 Å². The molecule has 4 rings (SSSR count). The summed E-state index contributed by atoms with van der Waals surface area (Å²) in [6, 6.07) is 17.8. The van der Waals surface area contributed by atoms with Crippen molar-refractivity contribution in [2.75, 3.05) is 20.1 Å². The van der Waals surface area contributed by atoms with Crippen molar-refractivity contribution in [2.24, 2.45) is 0 Å². The van der Waals surface area contributed by atoms with Crippen molar-refractivity contribution in [3.05, 3.63) is 65.7 Å². The minimum atomic E-state index is -3.37. The van der Waals surface area contributed by atoms with Crippen LogP contribution in [0.1, 0.15) is 17.5 Å². The molecule has 1 atom stereocenters. The van der Waals surface area contributed by atoms with Gasteiger partial charge < -0.3 is 0 Å². The van der Waals surface area contributed by atoms with Crippen molar-refractivity contribution in [3.63, 3.8) is 0 Å². The van der Waals surface area contributed by atoms with Gasteiger partial charge in [0.1, 0.15) is 0 Å². The Hall–Kier alpha value is -1.69. The molecule has 23 heavy (non-hydrogen) atoms. The van der Waals surface area contributed by atoms with E-state index in [0.717, 1.165) is 31.6 Å². The SMILES string of the molecule is CN1[C@]2(CCN(Cc3ccccc3)C2)c2ccccc2S1(=O)=O. The molecule has 2 aromatic rings. The zero-order chi connectivity index (χ0) is 16.1. The molecular weight excluding hydrogens is 308 g/mol. The Kier molecular flexibility index (Phi) is 3.34.